The number of rotatable bonds is 19. The van der Waals surface area contributed by atoms with Crippen LogP contribution in [0.2, 0.25) is 0 Å². The predicted molar refractivity (Wildman–Crippen MR) is 477 cm³/mol. The molecule has 0 unspecified atom stereocenters. The number of thioether (sulfide) groups is 1. The van der Waals surface area contributed by atoms with Gasteiger partial charge in [-0.2, -0.15) is 0 Å². The summed E-state index contributed by atoms with van der Waals surface area (Å²) in [6.45, 7) is 27.8. The molecule has 0 N–H and O–H groups in total. The first-order valence-electron chi connectivity index (χ1n) is 40.1. The minimum Gasteiger partial charge on any atom is -0.462 e. The van der Waals surface area contributed by atoms with Crippen molar-refractivity contribution < 1.29 is 68.6 Å². The first kappa shape index (κ1) is 87.4. The maximum atomic E-state index is 13.7. The molecule has 0 spiro atoms. The first-order chi connectivity index (χ1) is 58.5. The van der Waals surface area contributed by atoms with Crippen LogP contribution in [-0.4, -0.2) is 140 Å². The molecule has 8 aromatic heterocycles. The number of anilines is 4. The number of benzene rings is 8. The largest absolute Gasteiger partial charge is 0.462 e. The second kappa shape index (κ2) is 36.5. The van der Waals surface area contributed by atoms with Gasteiger partial charge >= 0.3 is 17.9 Å². The number of carbonyl (C=O) groups excluding carboxylic acids is 4. The van der Waals surface area contributed by atoms with Gasteiger partial charge in [0.15, 0.2) is 46.3 Å². The Morgan fingerprint density at radius 1 is 0.366 bits per heavy atom. The molecule has 8 aromatic carbocycles. The van der Waals surface area contributed by atoms with E-state index in [0.717, 1.165) is 18.2 Å². The molecule has 0 aliphatic heterocycles. The molecule has 123 heavy (non-hydrogen) atoms. The van der Waals surface area contributed by atoms with Crippen LogP contribution < -0.4 is 19.6 Å². The molecule has 0 aliphatic rings. The van der Waals surface area contributed by atoms with Crippen LogP contribution in [0, 0.1) is 23.3 Å². The van der Waals surface area contributed by atoms with Crippen LogP contribution in [0.3, 0.4) is 0 Å². The Balaban J connectivity index is 0.000000141. The first-order valence-corrected chi connectivity index (χ1v) is 41.4. The predicted octanol–water partition coefficient (Wildman–Crippen LogP) is 22.7. The van der Waals surface area contributed by atoms with Crippen molar-refractivity contribution in [3.05, 3.63) is 215 Å². The van der Waals surface area contributed by atoms with Crippen LogP contribution in [-0.2, 0) is 14.2 Å². The lowest BCUT2D eigenvalue weighted by molar-refractivity contribution is 0.00686. The van der Waals surface area contributed by atoms with Crippen LogP contribution in [0.5, 0.6) is 0 Å². The molecule has 634 valence electrons. The molecule has 0 aliphatic carbocycles. The summed E-state index contributed by atoms with van der Waals surface area (Å²) < 4.78 is 94.4. The van der Waals surface area contributed by atoms with Gasteiger partial charge in [0.25, 0.3) is 0 Å². The quantitative estimate of drug-likeness (QED) is 0.0413. The van der Waals surface area contributed by atoms with Crippen molar-refractivity contribution in [3.63, 3.8) is 0 Å². The van der Waals surface area contributed by atoms with E-state index in [-0.39, 0.29) is 64.6 Å². The summed E-state index contributed by atoms with van der Waals surface area (Å²) in [5.41, 5.74) is 10.7. The van der Waals surface area contributed by atoms with Crippen molar-refractivity contribution >= 4 is 146 Å². The summed E-state index contributed by atoms with van der Waals surface area (Å²) in [4.78, 5) is 95.5. The summed E-state index contributed by atoms with van der Waals surface area (Å²) >= 11 is 1.16. The zero-order chi connectivity index (χ0) is 88.3. The molecular formula is C95H94F4N12O11S. The van der Waals surface area contributed by atoms with Gasteiger partial charge in [-0.25, -0.2) is 71.8 Å². The highest BCUT2D eigenvalue weighted by molar-refractivity contribution is 8.13. The van der Waals surface area contributed by atoms with Crippen molar-refractivity contribution in [2.45, 2.75) is 139 Å². The monoisotopic (exact) mass is 1690 g/mol. The number of esters is 3. The SMILES string of the molecule is CC(C)N(C)c1nc2cc(C(=O)OC(C)(C)C)ccc2nc1-c1cc2cc(F)ccc2o1.CC(C)OC(=O)c1ccc2nc(-c3cc4cc(F)ccc4o3)c(N(C)C(C)C)nc2c1.CCCOC(=O)c1ccc2nc(-c3cc4cc(F)ccc4o3)c(N(C)C(C)C)nc2c1.CSC(=O)c1ccc2nc(-c3cc4cc(F)ccc4o3)c(N(C)C(C)C)nc2c1. The minimum absolute atomic E-state index is 0.0177. The van der Waals surface area contributed by atoms with Gasteiger partial charge in [0.2, 0.25) is 5.12 Å². The maximum Gasteiger partial charge on any atom is 0.338 e. The Kier molecular flexibility index (Phi) is 26.0. The molecule has 0 bridgehead atoms. The number of hydrogen-bond donors (Lipinski definition) is 0. The molecule has 16 rings (SSSR count). The van der Waals surface area contributed by atoms with Gasteiger partial charge in [-0.05, 0) is 273 Å². The summed E-state index contributed by atoms with van der Waals surface area (Å²) in [5, 5.41) is 2.61. The highest BCUT2D eigenvalue weighted by atomic mass is 32.2. The van der Waals surface area contributed by atoms with Gasteiger partial charge in [0.1, 0.15) is 74.0 Å². The summed E-state index contributed by atoms with van der Waals surface area (Å²) in [6, 6.07) is 45.8. The second-order valence-corrected chi connectivity index (χ2v) is 32.7. The van der Waals surface area contributed by atoms with Gasteiger partial charge < -0.3 is 51.5 Å². The van der Waals surface area contributed by atoms with Crippen LogP contribution in [0.25, 0.3) is 134 Å². The van der Waals surface area contributed by atoms with E-state index in [9.17, 15) is 36.7 Å². The van der Waals surface area contributed by atoms with E-state index in [1.807, 2.05) is 117 Å². The van der Waals surface area contributed by atoms with Gasteiger partial charge in [-0.3, -0.25) is 4.79 Å². The molecule has 8 heterocycles. The third kappa shape index (κ3) is 19.8. The number of halogens is 4. The molecule has 0 atom stereocenters. The topological polar surface area (TPSA) is 265 Å². The molecule has 0 fully saturated rings. The van der Waals surface area contributed by atoms with Crippen LogP contribution in [0.15, 0.2) is 188 Å². The summed E-state index contributed by atoms with van der Waals surface area (Å²) in [6.07, 6.45) is 2.30. The lowest BCUT2D eigenvalue weighted by Crippen LogP contribution is -2.27. The van der Waals surface area contributed by atoms with E-state index >= 15 is 0 Å². The molecule has 0 saturated heterocycles. The third-order valence-corrected chi connectivity index (χ3v) is 20.8. The van der Waals surface area contributed by atoms with Gasteiger partial charge in [-0.15, -0.1) is 0 Å². The van der Waals surface area contributed by atoms with E-state index < -0.39 is 17.5 Å². The second-order valence-electron chi connectivity index (χ2n) is 32.0. The van der Waals surface area contributed by atoms with Crippen molar-refractivity contribution in [1.82, 2.24) is 39.9 Å². The lowest BCUT2D eigenvalue weighted by atomic mass is 10.1. The van der Waals surface area contributed by atoms with Gasteiger partial charge in [0, 0.05) is 79.5 Å². The van der Waals surface area contributed by atoms with E-state index in [4.69, 9.17) is 71.8 Å². The molecule has 0 saturated carbocycles. The Labute approximate surface area is 711 Å². The average molecular weight is 1690 g/mol. The molecule has 0 radical (unpaired) electrons. The standard InChI is InChI=1S/C25H26FN3O3.2C24H24FN3O3.C22H20FN3O2S/c1-14(2)29(6)23-22(21-13-16-11-17(26)8-10-20(16)31-21)27-18-9-7-15(12-19(18)28-23)24(30)32-25(3,4)5;1-13(2)28(5)23-22(21-12-16-10-17(25)7-9-20(16)31-21)26-18-8-6-15(11-19(18)27-23)24(29)30-14(3)4;1-5-10-30-24(29)15-6-8-18-19(12-15)27-23(28(4)14(2)3)22(26-18)21-13-16-11-17(25)7-9-20(16)31-21;1-12(2)26(3)21-20(19-11-14-9-15(23)6-8-18(14)28-19)24-16-7-5-13(22(27)29-4)10-17(16)25-21/h7-14H,1-6H3;6-14H,1-5H3;6-9,11-14H,5,10H2,1-4H3;5-12H,1-4H3. The molecule has 0 amide bonds. The number of aromatic nitrogens is 8. The highest BCUT2D eigenvalue weighted by Gasteiger charge is 2.28. The Morgan fingerprint density at radius 3 is 0.911 bits per heavy atom. The van der Waals surface area contributed by atoms with E-state index in [2.05, 4.69) is 13.8 Å². The number of furan rings is 4. The van der Waals surface area contributed by atoms with Crippen molar-refractivity contribution in [1.29, 1.82) is 0 Å². The fourth-order valence-electron chi connectivity index (χ4n) is 12.8. The van der Waals surface area contributed by atoms with Gasteiger partial charge in [-0.1, -0.05) is 18.7 Å². The molecule has 16 aromatic rings. The summed E-state index contributed by atoms with van der Waals surface area (Å²) in [5.74, 6) is 1.98. The number of nitrogens with zero attached hydrogens (tertiary/aromatic N) is 12. The minimum atomic E-state index is -0.592. The van der Waals surface area contributed by atoms with Crippen molar-refractivity contribution in [2.24, 2.45) is 0 Å². The lowest BCUT2D eigenvalue weighted by Gasteiger charge is -2.24. The smallest absolute Gasteiger partial charge is 0.338 e. The molecule has 28 heteroatoms. The normalized spacial score (nSPS) is 11.6. The van der Waals surface area contributed by atoms with Crippen LogP contribution in [0.1, 0.15) is 145 Å². The zero-order valence-corrected chi connectivity index (χ0v) is 72.6. The average Bonchev–Trinajstić information content (AvgIpc) is 1.76. The number of ether oxygens (including phenoxy) is 3. The van der Waals surface area contributed by atoms with Crippen LogP contribution in [0.4, 0.5) is 40.8 Å². The molecule has 23 nitrogen and oxygen atoms in total. The Hall–Kier alpha value is -13.4. The van der Waals surface area contributed by atoms with Crippen molar-refractivity contribution in [3.8, 4) is 45.8 Å². The summed E-state index contributed by atoms with van der Waals surface area (Å²) in [7, 11) is 7.70. The highest BCUT2D eigenvalue weighted by Crippen LogP contribution is 2.41. The third-order valence-electron chi connectivity index (χ3n) is 20.2. The van der Waals surface area contributed by atoms with E-state index in [1.54, 1.807) is 141 Å². The number of fused-ring (bicyclic) bond motifs is 8. The maximum absolute atomic E-state index is 13.7. The van der Waals surface area contributed by atoms with Crippen molar-refractivity contribution in [2.75, 3.05) is 60.7 Å². The number of carbonyl (C=O) groups is 4. The van der Waals surface area contributed by atoms with Gasteiger partial charge in [0.05, 0.1) is 73.5 Å². The fourth-order valence-corrected chi connectivity index (χ4v) is 13.2. The van der Waals surface area contributed by atoms with E-state index in [0.29, 0.717) is 186 Å². The molecular weight excluding hydrogens is 1590 g/mol. The Morgan fingerprint density at radius 2 is 0.642 bits per heavy atom. The van der Waals surface area contributed by atoms with Crippen LogP contribution >= 0.6 is 11.8 Å². The van der Waals surface area contributed by atoms with E-state index in [1.165, 1.54) is 48.5 Å². The zero-order valence-electron chi connectivity index (χ0n) is 71.7. The number of hydrogen-bond acceptors (Lipinski definition) is 24. The fraction of sp³-hybridized carbons (Fsp3) is 0.284. The Bertz CT molecular complexity index is 6700.